The van der Waals surface area contributed by atoms with Crippen LogP contribution in [0.2, 0.25) is 0 Å². The fraction of sp³-hybridized carbons (Fsp3) is 0.562. The Hall–Kier alpha value is -1.69. The summed E-state index contributed by atoms with van der Waals surface area (Å²) in [6.07, 6.45) is 0.884. The molecule has 0 fully saturated rings. The number of anilines is 1. The monoisotopic (exact) mass is 320 g/mol. The smallest absolute Gasteiger partial charge is 0.259 e. The molecule has 6 heteroatoms. The molecule has 1 N–H and O–H groups in total. The van der Waals surface area contributed by atoms with E-state index in [0.717, 1.165) is 22.8 Å². The first-order chi connectivity index (χ1) is 10.3. The summed E-state index contributed by atoms with van der Waals surface area (Å²) < 4.78 is 2.17. The zero-order valence-corrected chi connectivity index (χ0v) is 14.9. The van der Waals surface area contributed by atoms with E-state index in [0.29, 0.717) is 22.7 Å². The molecule has 0 atom stereocenters. The number of hydrogen-bond acceptors (Lipinski definition) is 4. The lowest BCUT2D eigenvalue weighted by Gasteiger charge is -2.13. The van der Waals surface area contributed by atoms with Crippen molar-refractivity contribution in [2.45, 2.75) is 54.0 Å². The van der Waals surface area contributed by atoms with Gasteiger partial charge in [-0.1, -0.05) is 25.2 Å². The molecule has 2 aromatic heterocycles. The van der Waals surface area contributed by atoms with Crippen LogP contribution < -0.4 is 5.32 Å². The lowest BCUT2D eigenvalue weighted by molar-refractivity contribution is 0.102. The Labute approximate surface area is 135 Å². The molecule has 0 bridgehead atoms. The maximum absolute atomic E-state index is 12.5. The molecule has 0 aliphatic heterocycles. The Kier molecular flexibility index (Phi) is 5.01. The van der Waals surface area contributed by atoms with Crippen LogP contribution in [0.4, 0.5) is 5.13 Å². The number of amides is 1. The van der Waals surface area contributed by atoms with Crippen molar-refractivity contribution in [1.29, 1.82) is 0 Å². The number of carbonyl (C=O) groups excluding carboxylic acids is 1. The zero-order valence-electron chi connectivity index (χ0n) is 14.1. The fourth-order valence-corrected chi connectivity index (χ4v) is 3.65. The fourth-order valence-electron chi connectivity index (χ4n) is 2.70. The third kappa shape index (κ3) is 3.55. The number of nitrogens with zero attached hydrogens (tertiary/aromatic N) is 3. The van der Waals surface area contributed by atoms with Gasteiger partial charge in [-0.2, -0.15) is 0 Å². The van der Waals surface area contributed by atoms with Gasteiger partial charge < -0.3 is 4.57 Å². The summed E-state index contributed by atoms with van der Waals surface area (Å²) in [6, 6.07) is 2.27. The largest absolute Gasteiger partial charge is 0.346 e. The van der Waals surface area contributed by atoms with Crippen molar-refractivity contribution in [2.24, 2.45) is 5.92 Å². The summed E-state index contributed by atoms with van der Waals surface area (Å²) >= 11 is 1.45. The SMILES string of the molecule is Cc1cc(C(=O)Nc2nnc(CC(C)C)s2)c(C)n1C(C)C. The number of rotatable bonds is 5. The quantitative estimate of drug-likeness (QED) is 0.906. The van der Waals surface area contributed by atoms with E-state index in [1.54, 1.807) is 0 Å². The lowest BCUT2D eigenvalue weighted by Crippen LogP contribution is -2.13. The molecule has 0 radical (unpaired) electrons. The predicted molar refractivity (Wildman–Crippen MR) is 90.7 cm³/mol. The maximum atomic E-state index is 12.5. The zero-order chi connectivity index (χ0) is 16.4. The molecule has 0 saturated heterocycles. The van der Waals surface area contributed by atoms with E-state index in [4.69, 9.17) is 0 Å². The molecular weight excluding hydrogens is 296 g/mol. The Morgan fingerprint density at radius 3 is 2.50 bits per heavy atom. The van der Waals surface area contributed by atoms with Crippen molar-refractivity contribution < 1.29 is 4.79 Å². The molecule has 0 spiro atoms. The molecule has 22 heavy (non-hydrogen) atoms. The van der Waals surface area contributed by atoms with Crippen molar-refractivity contribution in [3.8, 4) is 0 Å². The maximum Gasteiger partial charge on any atom is 0.259 e. The van der Waals surface area contributed by atoms with Crippen LogP contribution in [0, 0.1) is 19.8 Å². The average Bonchev–Trinajstić information content (AvgIpc) is 2.93. The highest BCUT2D eigenvalue weighted by Gasteiger charge is 2.18. The van der Waals surface area contributed by atoms with Gasteiger partial charge in [-0.05, 0) is 39.7 Å². The van der Waals surface area contributed by atoms with E-state index in [9.17, 15) is 4.79 Å². The van der Waals surface area contributed by atoms with E-state index >= 15 is 0 Å². The standard InChI is InChI=1S/C16H24N4OS/c1-9(2)7-14-18-19-16(22-14)17-15(21)13-8-11(5)20(10(3)4)12(13)6/h8-10H,7H2,1-6H3,(H,17,19,21). The van der Waals surface area contributed by atoms with E-state index in [2.05, 4.69) is 47.8 Å². The summed E-state index contributed by atoms with van der Waals surface area (Å²) in [5.74, 6) is 0.411. The normalized spacial score (nSPS) is 11.5. The predicted octanol–water partition coefficient (Wildman–Crippen LogP) is 3.99. The molecule has 1 amide bonds. The van der Waals surface area contributed by atoms with Crippen LogP contribution in [0.1, 0.15) is 60.5 Å². The van der Waals surface area contributed by atoms with Gasteiger partial charge in [0.05, 0.1) is 5.56 Å². The van der Waals surface area contributed by atoms with Crippen molar-refractivity contribution in [2.75, 3.05) is 5.32 Å². The van der Waals surface area contributed by atoms with E-state index in [-0.39, 0.29) is 5.91 Å². The molecule has 0 aliphatic rings. The van der Waals surface area contributed by atoms with E-state index in [1.165, 1.54) is 11.3 Å². The highest BCUT2D eigenvalue weighted by molar-refractivity contribution is 7.15. The van der Waals surface area contributed by atoms with E-state index in [1.807, 2.05) is 19.9 Å². The first kappa shape index (κ1) is 16.7. The summed E-state index contributed by atoms with van der Waals surface area (Å²) in [5.41, 5.74) is 2.78. The number of carbonyl (C=O) groups is 1. The van der Waals surface area contributed by atoms with Gasteiger partial charge in [0.25, 0.3) is 5.91 Å². The molecule has 2 aromatic rings. The Morgan fingerprint density at radius 2 is 1.95 bits per heavy atom. The molecule has 0 aliphatic carbocycles. The summed E-state index contributed by atoms with van der Waals surface area (Å²) in [7, 11) is 0. The van der Waals surface area contributed by atoms with E-state index < -0.39 is 0 Å². The highest BCUT2D eigenvalue weighted by Crippen LogP contribution is 2.23. The number of nitrogens with one attached hydrogen (secondary N) is 1. The molecule has 2 rings (SSSR count). The van der Waals surface area contributed by atoms with Crippen LogP contribution in [-0.4, -0.2) is 20.7 Å². The molecule has 0 aromatic carbocycles. The highest BCUT2D eigenvalue weighted by atomic mass is 32.1. The molecule has 2 heterocycles. The van der Waals surface area contributed by atoms with Gasteiger partial charge in [0.15, 0.2) is 0 Å². The second-order valence-electron chi connectivity index (χ2n) is 6.30. The topological polar surface area (TPSA) is 59.8 Å². The van der Waals surface area contributed by atoms with Crippen molar-refractivity contribution in [3.63, 3.8) is 0 Å². The third-order valence-electron chi connectivity index (χ3n) is 3.52. The van der Waals surface area contributed by atoms with Crippen molar-refractivity contribution >= 4 is 22.4 Å². The van der Waals surface area contributed by atoms with Crippen LogP contribution in [0.3, 0.4) is 0 Å². The van der Waals surface area contributed by atoms with Crippen LogP contribution >= 0.6 is 11.3 Å². The van der Waals surface area contributed by atoms with Gasteiger partial charge in [-0.15, -0.1) is 10.2 Å². The van der Waals surface area contributed by atoms with Crippen LogP contribution in [0.15, 0.2) is 6.07 Å². The minimum absolute atomic E-state index is 0.118. The third-order valence-corrected chi connectivity index (χ3v) is 4.38. The van der Waals surface area contributed by atoms with Gasteiger partial charge >= 0.3 is 0 Å². The lowest BCUT2D eigenvalue weighted by atomic mass is 10.1. The molecule has 120 valence electrons. The Bertz CT molecular complexity index is 670. The van der Waals surface area contributed by atoms with Crippen LogP contribution in [0.5, 0.6) is 0 Å². The van der Waals surface area contributed by atoms with Crippen LogP contribution in [-0.2, 0) is 6.42 Å². The minimum atomic E-state index is -0.118. The summed E-state index contributed by atoms with van der Waals surface area (Å²) in [4.78, 5) is 12.5. The van der Waals surface area contributed by atoms with Crippen molar-refractivity contribution in [1.82, 2.24) is 14.8 Å². The van der Waals surface area contributed by atoms with Crippen LogP contribution in [0.25, 0.3) is 0 Å². The van der Waals surface area contributed by atoms with Gasteiger partial charge in [-0.25, -0.2) is 0 Å². The van der Waals surface area contributed by atoms with Gasteiger partial charge in [0, 0.05) is 23.9 Å². The van der Waals surface area contributed by atoms with Gasteiger partial charge in [-0.3, -0.25) is 10.1 Å². The van der Waals surface area contributed by atoms with Gasteiger partial charge in [0.2, 0.25) is 5.13 Å². The Balaban J connectivity index is 2.16. The Morgan fingerprint density at radius 1 is 1.27 bits per heavy atom. The first-order valence-corrected chi connectivity index (χ1v) is 8.43. The number of aryl methyl sites for hydroxylation is 1. The molecule has 5 nitrogen and oxygen atoms in total. The second-order valence-corrected chi connectivity index (χ2v) is 7.36. The number of hydrogen-bond donors (Lipinski definition) is 1. The van der Waals surface area contributed by atoms with Gasteiger partial charge in [0.1, 0.15) is 5.01 Å². The average molecular weight is 320 g/mol. The minimum Gasteiger partial charge on any atom is -0.346 e. The molecule has 0 unspecified atom stereocenters. The second kappa shape index (κ2) is 6.60. The number of aromatic nitrogens is 3. The summed E-state index contributed by atoms with van der Waals surface area (Å²) in [6.45, 7) is 12.5. The summed E-state index contributed by atoms with van der Waals surface area (Å²) in [5, 5.41) is 12.6. The molecular formula is C16H24N4OS. The van der Waals surface area contributed by atoms with Crippen molar-refractivity contribution in [3.05, 3.63) is 28.0 Å². The first-order valence-electron chi connectivity index (χ1n) is 7.61. The molecule has 0 saturated carbocycles.